The van der Waals surface area contributed by atoms with E-state index in [1.165, 1.54) is 36.3 Å². The van der Waals surface area contributed by atoms with Crippen LogP contribution in [0.15, 0.2) is 65.8 Å². The van der Waals surface area contributed by atoms with Crippen LogP contribution >= 0.6 is 35.0 Å². The monoisotopic (exact) mass is 652 g/mol. The lowest BCUT2D eigenvalue weighted by atomic mass is 10.0. The van der Waals surface area contributed by atoms with Gasteiger partial charge in [-0.15, -0.1) is 11.8 Å². The lowest BCUT2D eigenvalue weighted by Gasteiger charge is -2.26. The number of ether oxygens (including phenoxy) is 3. The minimum atomic E-state index is -3.94. The summed E-state index contributed by atoms with van der Waals surface area (Å²) < 4.78 is 46.3. The minimum Gasteiger partial charge on any atom is -0.619 e. The number of carbonyl (C=O) groups excluding carboxylic acids is 1. The summed E-state index contributed by atoms with van der Waals surface area (Å²) in [7, 11) is -2.39. The number of carbonyl (C=O) groups is 1. The SMILES string of the molecule is COc1ccc(C(Cc2c(Cl)c[n+]([O-])cc2Cl)OC(=O)[C@@H]2SCCN2S(=O)(=O)c2ccccc2)cc1OC1CCCC1. The Morgan fingerprint density at radius 1 is 1.10 bits per heavy atom. The van der Waals surface area contributed by atoms with Gasteiger partial charge in [0.2, 0.25) is 10.0 Å². The van der Waals surface area contributed by atoms with Crippen LogP contribution in [-0.2, 0) is 26.0 Å². The summed E-state index contributed by atoms with van der Waals surface area (Å²) in [5, 5.41) is 11.0. The average molecular weight is 654 g/mol. The van der Waals surface area contributed by atoms with Gasteiger partial charge in [0, 0.05) is 24.3 Å². The molecule has 224 valence electrons. The maximum atomic E-state index is 13.7. The molecule has 0 spiro atoms. The zero-order valence-corrected chi connectivity index (χ0v) is 25.9. The number of halogens is 2. The van der Waals surface area contributed by atoms with Gasteiger partial charge in [0.25, 0.3) is 0 Å². The molecule has 13 heteroatoms. The van der Waals surface area contributed by atoms with Gasteiger partial charge in [-0.2, -0.15) is 9.04 Å². The van der Waals surface area contributed by atoms with E-state index >= 15 is 0 Å². The second-order valence-electron chi connectivity index (χ2n) is 10.0. The number of hydrogen-bond donors (Lipinski definition) is 0. The topological polar surface area (TPSA) is 109 Å². The van der Waals surface area contributed by atoms with Crippen LogP contribution in [0.3, 0.4) is 0 Å². The highest BCUT2D eigenvalue weighted by Gasteiger charge is 2.42. The molecule has 1 saturated heterocycles. The maximum Gasteiger partial charge on any atom is 0.335 e. The molecule has 9 nitrogen and oxygen atoms in total. The van der Waals surface area contributed by atoms with E-state index in [0.29, 0.717) is 33.1 Å². The first-order valence-electron chi connectivity index (χ1n) is 13.5. The van der Waals surface area contributed by atoms with Crippen LogP contribution in [0.5, 0.6) is 11.5 Å². The van der Waals surface area contributed by atoms with E-state index in [-0.39, 0.29) is 34.0 Å². The molecule has 2 fully saturated rings. The first-order valence-corrected chi connectivity index (χ1v) is 16.7. The quantitative estimate of drug-likeness (QED) is 0.159. The molecule has 0 amide bonds. The number of sulfonamides is 1. The molecule has 0 bridgehead atoms. The van der Waals surface area contributed by atoms with Crippen molar-refractivity contribution in [2.75, 3.05) is 19.4 Å². The van der Waals surface area contributed by atoms with Crippen LogP contribution in [0.25, 0.3) is 0 Å². The third kappa shape index (κ3) is 6.75. The molecule has 2 atom stereocenters. The number of nitrogens with zero attached hydrogens (tertiary/aromatic N) is 2. The first-order chi connectivity index (χ1) is 20.2. The summed E-state index contributed by atoms with van der Waals surface area (Å²) in [4.78, 5) is 13.8. The zero-order valence-electron chi connectivity index (χ0n) is 22.8. The molecule has 1 aromatic heterocycles. The minimum absolute atomic E-state index is 0.0300. The van der Waals surface area contributed by atoms with Gasteiger partial charge in [0.15, 0.2) is 29.3 Å². The molecule has 0 radical (unpaired) electrons. The van der Waals surface area contributed by atoms with Crippen molar-refractivity contribution in [1.82, 2.24) is 4.31 Å². The van der Waals surface area contributed by atoms with Gasteiger partial charge in [-0.05, 0) is 55.5 Å². The van der Waals surface area contributed by atoms with E-state index in [1.807, 2.05) is 0 Å². The Morgan fingerprint density at radius 3 is 2.45 bits per heavy atom. The molecule has 0 N–H and O–H groups in total. The predicted molar refractivity (Wildman–Crippen MR) is 160 cm³/mol. The van der Waals surface area contributed by atoms with Gasteiger partial charge >= 0.3 is 5.97 Å². The highest BCUT2D eigenvalue weighted by atomic mass is 35.5. The van der Waals surface area contributed by atoms with Crippen molar-refractivity contribution in [3.8, 4) is 11.5 Å². The molecule has 3 aromatic rings. The normalized spacial score (nSPS) is 18.6. The lowest BCUT2D eigenvalue weighted by molar-refractivity contribution is -0.605. The summed E-state index contributed by atoms with van der Waals surface area (Å²) in [6.07, 6.45) is 5.51. The van der Waals surface area contributed by atoms with Crippen molar-refractivity contribution in [3.63, 3.8) is 0 Å². The number of rotatable bonds is 10. The van der Waals surface area contributed by atoms with Crippen LogP contribution in [0, 0.1) is 5.21 Å². The first kappa shape index (κ1) is 30.7. The van der Waals surface area contributed by atoms with E-state index in [0.717, 1.165) is 30.0 Å². The highest BCUT2D eigenvalue weighted by molar-refractivity contribution is 8.02. The summed E-state index contributed by atoms with van der Waals surface area (Å²) in [5.41, 5.74) is 0.980. The van der Waals surface area contributed by atoms with Crippen molar-refractivity contribution >= 4 is 51.0 Å². The molecule has 2 aromatic carbocycles. The molecule has 1 aliphatic heterocycles. The molecule has 2 aliphatic rings. The number of esters is 1. The van der Waals surface area contributed by atoms with Crippen LogP contribution in [-0.4, -0.2) is 49.6 Å². The van der Waals surface area contributed by atoms with Crippen LogP contribution < -0.4 is 14.2 Å². The highest BCUT2D eigenvalue weighted by Crippen LogP contribution is 2.38. The number of pyridine rings is 1. The standard InChI is InChI=1S/C29H30Cl2N2O7S2/c1-38-25-12-11-19(15-27(25)39-20-7-5-6-8-20)26(16-22-23(30)17-32(35)18-24(22)31)40-29(34)28-33(13-14-41-28)42(36,37)21-9-3-2-4-10-21/h2-4,9-12,15,17-18,20,26,28H,5-8,13-14,16H2,1H3/t26?,28-/m0/s1. The van der Waals surface area contributed by atoms with Crippen LogP contribution in [0.4, 0.5) is 0 Å². The van der Waals surface area contributed by atoms with Gasteiger partial charge < -0.3 is 19.4 Å². The lowest BCUT2D eigenvalue weighted by Crippen LogP contribution is -2.40. The fourth-order valence-electron chi connectivity index (χ4n) is 5.12. The Bertz CT molecular complexity index is 1510. The largest absolute Gasteiger partial charge is 0.619 e. The van der Waals surface area contributed by atoms with Crippen molar-refractivity contribution in [1.29, 1.82) is 0 Å². The number of methoxy groups -OCH3 is 1. The molecule has 2 heterocycles. The third-order valence-corrected chi connectivity index (χ3v) is 11.1. The van der Waals surface area contributed by atoms with E-state index in [1.54, 1.807) is 43.5 Å². The molecular formula is C29H30Cl2N2O7S2. The van der Waals surface area contributed by atoms with E-state index in [9.17, 15) is 18.4 Å². The van der Waals surface area contributed by atoms with Gasteiger partial charge in [0.05, 0.1) is 18.1 Å². The van der Waals surface area contributed by atoms with Crippen molar-refractivity contribution in [3.05, 3.63) is 87.3 Å². The Kier molecular flexibility index (Phi) is 9.74. The van der Waals surface area contributed by atoms with E-state index in [2.05, 4.69) is 0 Å². The van der Waals surface area contributed by atoms with Gasteiger partial charge in [-0.1, -0.05) is 47.5 Å². The average Bonchev–Trinajstić information content (AvgIpc) is 3.68. The zero-order chi connectivity index (χ0) is 29.9. The molecule has 1 saturated carbocycles. The van der Waals surface area contributed by atoms with Crippen molar-refractivity contribution < 1.29 is 32.2 Å². The molecular weight excluding hydrogens is 623 g/mol. The molecule has 1 unspecified atom stereocenters. The van der Waals surface area contributed by atoms with Crippen LogP contribution in [0.2, 0.25) is 10.0 Å². The van der Waals surface area contributed by atoms with Gasteiger partial charge in [-0.25, -0.2) is 13.2 Å². The summed E-state index contributed by atoms with van der Waals surface area (Å²) in [5.74, 6) is 0.746. The molecule has 1 aliphatic carbocycles. The Morgan fingerprint density at radius 2 is 1.79 bits per heavy atom. The van der Waals surface area contributed by atoms with Gasteiger partial charge in [-0.3, -0.25) is 0 Å². The summed E-state index contributed by atoms with van der Waals surface area (Å²) in [6, 6.07) is 13.2. The number of hydrogen-bond acceptors (Lipinski definition) is 8. The molecule has 42 heavy (non-hydrogen) atoms. The fourth-order valence-corrected chi connectivity index (χ4v) is 8.79. The Labute approximate surface area is 259 Å². The Balaban J connectivity index is 1.47. The second kappa shape index (κ2) is 13.3. The van der Waals surface area contributed by atoms with E-state index in [4.69, 9.17) is 37.4 Å². The smallest absolute Gasteiger partial charge is 0.335 e. The number of benzene rings is 2. The Hall–Kier alpha value is -2.70. The van der Waals surface area contributed by atoms with Crippen molar-refractivity contribution in [2.45, 2.75) is 54.6 Å². The number of aromatic nitrogens is 1. The predicted octanol–water partition coefficient (Wildman–Crippen LogP) is 5.55. The number of thioether (sulfide) groups is 1. The fraction of sp³-hybridized carbons (Fsp3) is 0.379. The van der Waals surface area contributed by atoms with Crippen molar-refractivity contribution in [2.24, 2.45) is 0 Å². The summed E-state index contributed by atoms with van der Waals surface area (Å²) in [6.45, 7) is 0.161. The van der Waals surface area contributed by atoms with Gasteiger partial charge in [0.1, 0.15) is 16.1 Å². The third-order valence-electron chi connectivity index (χ3n) is 7.26. The maximum absolute atomic E-state index is 13.7. The van der Waals surface area contributed by atoms with Crippen LogP contribution in [0.1, 0.15) is 42.9 Å². The van der Waals surface area contributed by atoms with E-state index < -0.39 is 27.5 Å². The second-order valence-corrected chi connectivity index (χ2v) is 13.9. The molecule has 5 rings (SSSR count). The summed E-state index contributed by atoms with van der Waals surface area (Å²) >= 11 is 14.0.